The zero-order valence-corrected chi connectivity index (χ0v) is 4.79. The Bertz CT molecular complexity index is 172. The van der Waals surface area contributed by atoms with Gasteiger partial charge < -0.3 is 0 Å². The molecule has 4 nitrogen and oxygen atoms in total. The van der Waals surface area contributed by atoms with E-state index >= 15 is 0 Å². The van der Waals surface area contributed by atoms with Crippen molar-refractivity contribution in [2.24, 2.45) is 0 Å². The van der Waals surface area contributed by atoms with Gasteiger partial charge in [-0.3, -0.25) is 0 Å². The van der Waals surface area contributed by atoms with Gasteiger partial charge in [0.2, 0.25) is 0 Å². The van der Waals surface area contributed by atoms with Gasteiger partial charge in [0, 0.05) is 0 Å². The molecule has 45 valence electrons. The molecule has 3 amide bonds. The summed E-state index contributed by atoms with van der Waals surface area (Å²) in [5, 5.41) is 0. The van der Waals surface area contributed by atoms with Gasteiger partial charge in [-0.15, -0.1) is 0 Å². The van der Waals surface area contributed by atoms with Crippen LogP contribution in [0.5, 0.6) is 0 Å². The van der Waals surface area contributed by atoms with Crippen molar-refractivity contribution in [2.45, 2.75) is 0 Å². The van der Waals surface area contributed by atoms with E-state index in [-0.39, 0.29) is 11.9 Å². The molecule has 3 rings (SSSR count). The molecular weight excluding hydrogens is 155 g/mol. The van der Waals surface area contributed by atoms with E-state index in [9.17, 15) is 9.59 Å². The summed E-state index contributed by atoms with van der Waals surface area (Å²) < 4.78 is 2.68. The van der Waals surface area contributed by atoms with Gasteiger partial charge in [-0.2, -0.15) is 0 Å². The first-order valence-electron chi connectivity index (χ1n) is 2.05. The number of hydrogen-bond donors (Lipinski definition) is 0. The topological polar surface area (TPSA) is 40.6 Å². The molecule has 0 unspecified atom stereocenters. The van der Waals surface area contributed by atoms with E-state index in [2.05, 4.69) is 0 Å². The van der Waals surface area contributed by atoms with Crippen LogP contribution in [0.4, 0.5) is 4.79 Å². The van der Waals surface area contributed by atoms with E-state index in [0.29, 0.717) is 6.54 Å². The third-order valence-corrected chi connectivity index (χ3v) is 2.26. The summed E-state index contributed by atoms with van der Waals surface area (Å²) in [7, 11) is 0. The number of rotatable bonds is 0. The monoisotopic (exact) mass is 157 g/mol. The van der Waals surface area contributed by atoms with E-state index < -0.39 is 0 Å². The molecule has 2 bridgehead atoms. The summed E-state index contributed by atoms with van der Waals surface area (Å²) in [6.45, 7) is 0.291. The third kappa shape index (κ3) is 0.285. The fourth-order valence-corrected chi connectivity index (χ4v) is 1.52. The van der Waals surface area contributed by atoms with Crippen LogP contribution >= 0.6 is 0 Å². The van der Waals surface area contributed by atoms with Crippen molar-refractivity contribution < 1.29 is 24.7 Å². The van der Waals surface area contributed by atoms with Crippen LogP contribution < -0.4 is 0 Å². The number of urea groups is 1. The zero-order chi connectivity index (χ0) is 5.72. The van der Waals surface area contributed by atoms with Crippen molar-refractivity contribution in [1.29, 1.82) is 0 Å². The van der Waals surface area contributed by atoms with Crippen molar-refractivity contribution in [2.75, 3.05) is 6.54 Å². The van der Waals surface area contributed by atoms with Crippen molar-refractivity contribution in [1.82, 2.24) is 7.90 Å². The normalized spacial score (nSPS) is 25.5. The molecule has 8 heavy (non-hydrogen) atoms. The van der Waals surface area contributed by atoms with Gasteiger partial charge >= 0.3 is 51.1 Å². The molecule has 3 aliphatic heterocycles. The molecule has 0 spiro atoms. The van der Waals surface area contributed by atoms with Crippen molar-refractivity contribution in [3.8, 4) is 0 Å². The molecule has 0 aromatic rings. The van der Waals surface area contributed by atoms with Crippen LogP contribution in [-0.4, -0.2) is 26.4 Å². The molecule has 3 aliphatic rings. The number of amides is 3. The minimum absolute atomic E-state index is 0.0741. The van der Waals surface area contributed by atoms with Crippen molar-refractivity contribution in [3.05, 3.63) is 0 Å². The summed E-state index contributed by atoms with van der Waals surface area (Å²) in [5.41, 5.74) is 0. The molecular formula is C3H2CoN2O2. The Morgan fingerprint density at radius 3 is 2.38 bits per heavy atom. The SMILES string of the molecule is O=C1C[N]2[Co][N]1C2=O. The maximum absolute atomic E-state index is 10.5. The molecule has 0 aliphatic carbocycles. The summed E-state index contributed by atoms with van der Waals surface area (Å²) in [4.78, 5) is 20.9. The van der Waals surface area contributed by atoms with Crippen LogP contribution in [0.1, 0.15) is 0 Å². The van der Waals surface area contributed by atoms with E-state index in [4.69, 9.17) is 0 Å². The minimum atomic E-state index is -0.144. The molecule has 0 saturated carbocycles. The van der Waals surface area contributed by atoms with E-state index in [1.807, 2.05) is 0 Å². The average Bonchev–Trinajstić information content (AvgIpc) is 2.19. The van der Waals surface area contributed by atoms with Crippen LogP contribution in [0.2, 0.25) is 0 Å². The quantitative estimate of drug-likeness (QED) is 0.431. The number of imide groups is 1. The van der Waals surface area contributed by atoms with Crippen LogP contribution in [0.15, 0.2) is 0 Å². The van der Waals surface area contributed by atoms with Gasteiger partial charge in [0.05, 0.1) is 0 Å². The molecule has 0 aromatic heterocycles. The Labute approximate surface area is 51.8 Å². The predicted molar refractivity (Wildman–Crippen MR) is 18.9 cm³/mol. The second-order valence-electron chi connectivity index (χ2n) is 1.50. The summed E-state index contributed by atoms with van der Waals surface area (Å²) in [6.07, 6.45) is 0. The first-order valence-corrected chi connectivity index (χ1v) is 2.98. The molecule has 0 radical (unpaired) electrons. The summed E-state index contributed by atoms with van der Waals surface area (Å²) in [6, 6.07) is -0.144. The molecule has 3 heterocycles. The fourth-order valence-electron chi connectivity index (χ4n) is 0.607. The molecule has 3 saturated heterocycles. The van der Waals surface area contributed by atoms with Gasteiger partial charge in [-0.25, -0.2) is 0 Å². The van der Waals surface area contributed by atoms with Crippen LogP contribution in [0.3, 0.4) is 0 Å². The first kappa shape index (κ1) is 4.34. The Hall–Kier alpha value is -0.554. The Balaban J connectivity index is 2.36. The Kier molecular flexibility index (Phi) is 0.573. The van der Waals surface area contributed by atoms with E-state index in [0.717, 1.165) is 15.1 Å². The number of carbonyl (C=O) groups excluding carboxylic acids is 2. The van der Waals surface area contributed by atoms with Crippen molar-refractivity contribution >= 4 is 11.9 Å². The third-order valence-electron chi connectivity index (χ3n) is 0.980. The number of carbonyl (C=O) groups is 2. The van der Waals surface area contributed by atoms with Crippen molar-refractivity contribution in [3.63, 3.8) is 0 Å². The van der Waals surface area contributed by atoms with Gasteiger partial charge in [-0.1, -0.05) is 0 Å². The standard InChI is InChI=1S/C3H4N2O2.Co/c6-2-1-4-3(7)5-2;/h1H2,(H2,4,5,6,7);/q;+2/p-2. The molecule has 5 heteroatoms. The average molecular weight is 157 g/mol. The van der Waals surface area contributed by atoms with E-state index in [1.165, 1.54) is 7.90 Å². The van der Waals surface area contributed by atoms with Gasteiger partial charge in [0.15, 0.2) is 0 Å². The molecule has 0 aromatic carbocycles. The van der Waals surface area contributed by atoms with Crippen LogP contribution in [0.25, 0.3) is 0 Å². The maximum atomic E-state index is 10.5. The molecule has 0 N–H and O–H groups in total. The predicted octanol–water partition coefficient (Wildman–Crippen LogP) is -0.823. The Morgan fingerprint density at radius 2 is 2.25 bits per heavy atom. The van der Waals surface area contributed by atoms with Gasteiger partial charge in [-0.05, 0) is 0 Å². The van der Waals surface area contributed by atoms with Gasteiger partial charge in [0.25, 0.3) is 0 Å². The second-order valence-corrected chi connectivity index (χ2v) is 2.74. The van der Waals surface area contributed by atoms with Crippen LogP contribution in [0, 0.1) is 0 Å². The second kappa shape index (κ2) is 1.06. The molecule has 0 atom stereocenters. The fraction of sp³-hybridized carbons (Fsp3) is 0.333. The summed E-state index contributed by atoms with van der Waals surface area (Å²) in [5.74, 6) is -0.0741. The van der Waals surface area contributed by atoms with Crippen LogP contribution in [-0.2, 0) is 19.9 Å². The Morgan fingerprint density at radius 1 is 1.50 bits per heavy atom. The number of nitrogens with zero attached hydrogens (tertiary/aromatic N) is 2. The zero-order valence-electron chi connectivity index (χ0n) is 3.75. The summed E-state index contributed by atoms with van der Waals surface area (Å²) >= 11 is 0.770. The number of fused-ring (bicyclic) bond motifs is 1. The number of hydrogen-bond acceptors (Lipinski definition) is 2. The first-order chi connectivity index (χ1) is 3.79. The van der Waals surface area contributed by atoms with Gasteiger partial charge in [0.1, 0.15) is 0 Å². The van der Waals surface area contributed by atoms with E-state index in [1.54, 1.807) is 0 Å². The molecule has 3 fully saturated rings.